The number of carbonyl (C=O) groups excluding carboxylic acids is 3. The highest BCUT2D eigenvalue weighted by molar-refractivity contribution is 6.32. The highest BCUT2D eigenvalue weighted by Gasteiger charge is 2.36. The van der Waals surface area contributed by atoms with Crippen molar-refractivity contribution in [3.63, 3.8) is 0 Å². The Hall–Kier alpha value is -3.52. The molecule has 0 saturated carbocycles. The average molecular weight is 473 g/mol. The first-order valence-corrected chi connectivity index (χ1v) is 10.9. The number of imide groups is 2. The van der Waals surface area contributed by atoms with Crippen LogP contribution in [0.25, 0.3) is 6.08 Å². The van der Waals surface area contributed by atoms with Gasteiger partial charge < -0.3 is 14.2 Å². The van der Waals surface area contributed by atoms with Crippen LogP contribution in [0.1, 0.15) is 31.4 Å². The number of methoxy groups -OCH3 is 1. The standard InChI is InChI=1S/C24H25ClN2O6/c1-4-10-33-20-8-6-15(11-21(20)32-5-2)14-27-23(29)18(22(28)26-24(27)30)13-16-12-17(25)7-9-19(16)31-3/h6-9,11-13H,4-5,10,14H2,1-3H3,(H,26,28,30)/b18-13+. The Morgan fingerprint density at radius 3 is 2.45 bits per heavy atom. The number of nitrogens with one attached hydrogen (secondary N) is 1. The van der Waals surface area contributed by atoms with Crippen molar-refractivity contribution in [1.82, 2.24) is 10.2 Å². The third kappa shape index (κ3) is 5.64. The molecule has 0 spiro atoms. The average Bonchev–Trinajstić information content (AvgIpc) is 2.79. The van der Waals surface area contributed by atoms with Gasteiger partial charge in [0.25, 0.3) is 11.8 Å². The molecule has 0 bridgehead atoms. The van der Waals surface area contributed by atoms with Gasteiger partial charge in [0, 0.05) is 10.6 Å². The van der Waals surface area contributed by atoms with Gasteiger partial charge in [-0.1, -0.05) is 24.6 Å². The Morgan fingerprint density at radius 2 is 1.76 bits per heavy atom. The summed E-state index contributed by atoms with van der Waals surface area (Å²) in [4.78, 5) is 39.0. The maximum Gasteiger partial charge on any atom is 0.331 e. The van der Waals surface area contributed by atoms with Gasteiger partial charge in [0.2, 0.25) is 0 Å². The van der Waals surface area contributed by atoms with Crippen LogP contribution >= 0.6 is 11.6 Å². The smallest absolute Gasteiger partial charge is 0.331 e. The number of amides is 4. The number of ether oxygens (including phenoxy) is 3. The predicted octanol–water partition coefficient (Wildman–Crippen LogP) is 4.20. The van der Waals surface area contributed by atoms with E-state index in [0.717, 1.165) is 11.3 Å². The molecule has 3 rings (SSSR count). The minimum atomic E-state index is -0.801. The molecule has 0 unspecified atom stereocenters. The van der Waals surface area contributed by atoms with Crippen LogP contribution in [0.5, 0.6) is 17.2 Å². The molecule has 0 radical (unpaired) electrons. The van der Waals surface area contributed by atoms with Crippen molar-refractivity contribution in [1.29, 1.82) is 0 Å². The van der Waals surface area contributed by atoms with E-state index >= 15 is 0 Å². The van der Waals surface area contributed by atoms with Crippen LogP contribution < -0.4 is 19.5 Å². The first-order valence-electron chi connectivity index (χ1n) is 10.5. The zero-order chi connectivity index (χ0) is 24.0. The summed E-state index contributed by atoms with van der Waals surface area (Å²) in [5.74, 6) is 0.0149. The highest BCUT2D eigenvalue weighted by atomic mass is 35.5. The maximum absolute atomic E-state index is 13.1. The Labute approximate surface area is 197 Å². The van der Waals surface area contributed by atoms with Crippen molar-refractivity contribution in [2.75, 3.05) is 20.3 Å². The van der Waals surface area contributed by atoms with E-state index in [4.69, 9.17) is 25.8 Å². The molecule has 4 amide bonds. The summed E-state index contributed by atoms with van der Waals surface area (Å²) in [5, 5.41) is 2.62. The Bertz CT molecular complexity index is 1100. The van der Waals surface area contributed by atoms with Gasteiger partial charge in [-0.2, -0.15) is 0 Å². The number of carbonyl (C=O) groups is 3. The second kappa shape index (κ2) is 10.9. The SMILES string of the molecule is CCCOc1ccc(CN2C(=O)NC(=O)/C(=C\c3cc(Cl)ccc3OC)C2=O)cc1OCC. The molecule has 0 atom stereocenters. The fraction of sp³-hybridized carbons (Fsp3) is 0.292. The lowest BCUT2D eigenvalue weighted by molar-refractivity contribution is -0.130. The molecule has 2 aromatic carbocycles. The van der Waals surface area contributed by atoms with Gasteiger partial charge in [0.05, 0.1) is 26.9 Å². The zero-order valence-electron chi connectivity index (χ0n) is 18.6. The second-order valence-electron chi connectivity index (χ2n) is 7.16. The monoisotopic (exact) mass is 472 g/mol. The summed E-state index contributed by atoms with van der Waals surface area (Å²) in [6.07, 6.45) is 2.20. The van der Waals surface area contributed by atoms with Crippen molar-refractivity contribution in [3.8, 4) is 17.2 Å². The van der Waals surface area contributed by atoms with Crippen LogP contribution in [0.3, 0.4) is 0 Å². The van der Waals surface area contributed by atoms with E-state index in [1.54, 1.807) is 36.4 Å². The molecule has 1 fully saturated rings. The van der Waals surface area contributed by atoms with Gasteiger partial charge in [0.1, 0.15) is 11.3 Å². The molecule has 0 aromatic heterocycles. The van der Waals surface area contributed by atoms with Gasteiger partial charge in [-0.05, 0) is 55.3 Å². The van der Waals surface area contributed by atoms with Crippen LogP contribution in [-0.4, -0.2) is 43.1 Å². The predicted molar refractivity (Wildman–Crippen MR) is 123 cm³/mol. The molecular weight excluding hydrogens is 448 g/mol. The van der Waals surface area contributed by atoms with E-state index in [9.17, 15) is 14.4 Å². The van der Waals surface area contributed by atoms with Gasteiger partial charge in [-0.15, -0.1) is 0 Å². The third-order valence-electron chi connectivity index (χ3n) is 4.79. The van der Waals surface area contributed by atoms with Crippen LogP contribution in [0.15, 0.2) is 42.0 Å². The Balaban J connectivity index is 1.90. The summed E-state index contributed by atoms with van der Waals surface area (Å²) in [6, 6.07) is 9.22. The lowest BCUT2D eigenvalue weighted by atomic mass is 10.1. The molecule has 1 N–H and O–H groups in total. The van der Waals surface area contributed by atoms with E-state index in [2.05, 4.69) is 5.32 Å². The highest BCUT2D eigenvalue weighted by Crippen LogP contribution is 2.30. The van der Waals surface area contributed by atoms with E-state index in [1.807, 2.05) is 13.8 Å². The molecule has 1 heterocycles. The number of nitrogens with zero attached hydrogens (tertiary/aromatic N) is 1. The van der Waals surface area contributed by atoms with Crippen molar-refractivity contribution in [3.05, 3.63) is 58.1 Å². The minimum Gasteiger partial charge on any atom is -0.496 e. The summed E-state index contributed by atoms with van der Waals surface area (Å²) >= 11 is 6.05. The van der Waals surface area contributed by atoms with Crippen molar-refractivity contribution < 1.29 is 28.6 Å². The van der Waals surface area contributed by atoms with Gasteiger partial charge in [-0.25, -0.2) is 4.79 Å². The van der Waals surface area contributed by atoms with Gasteiger partial charge in [0.15, 0.2) is 11.5 Å². The summed E-state index contributed by atoms with van der Waals surface area (Å²) < 4.78 is 16.6. The molecule has 33 heavy (non-hydrogen) atoms. The normalized spacial score (nSPS) is 15.0. The summed E-state index contributed by atoms with van der Waals surface area (Å²) in [6.45, 7) is 4.76. The summed E-state index contributed by atoms with van der Waals surface area (Å²) in [7, 11) is 1.47. The van der Waals surface area contributed by atoms with Crippen LogP contribution in [-0.2, 0) is 16.1 Å². The fourth-order valence-electron chi connectivity index (χ4n) is 3.24. The molecular formula is C24H25ClN2O6. The number of benzene rings is 2. The molecule has 1 saturated heterocycles. The van der Waals surface area contributed by atoms with E-state index in [0.29, 0.717) is 46.6 Å². The maximum atomic E-state index is 13.1. The van der Waals surface area contributed by atoms with Crippen LogP contribution in [0.4, 0.5) is 4.79 Å². The lowest BCUT2D eigenvalue weighted by Gasteiger charge is -2.26. The molecule has 174 valence electrons. The van der Waals surface area contributed by atoms with Crippen LogP contribution in [0, 0.1) is 0 Å². The van der Waals surface area contributed by atoms with Crippen molar-refractivity contribution in [2.45, 2.75) is 26.8 Å². The molecule has 0 aliphatic carbocycles. The molecule has 1 aliphatic rings. The largest absolute Gasteiger partial charge is 0.496 e. The minimum absolute atomic E-state index is 0.0594. The van der Waals surface area contributed by atoms with Crippen molar-refractivity contribution in [2.24, 2.45) is 0 Å². The molecule has 8 nitrogen and oxygen atoms in total. The van der Waals surface area contributed by atoms with E-state index in [-0.39, 0.29) is 12.1 Å². The Morgan fingerprint density at radius 1 is 1.00 bits per heavy atom. The molecule has 1 aliphatic heterocycles. The van der Waals surface area contributed by atoms with Gasteiger partial charge in [-0.3, -0.25) is 19.8 Å². The van der Waals surface area contributed by atoms with Crippen LogP contribution in [0.2, 0.25) is 5.02 Å². The number of urea groups is 1. The number of halogens is 1. The first-order chi connectivity index (χ1) is 15.9. The first kappa shape index (κ1) is 24.1. The topological polar surface area (TPSA) is 94.2 Å². The third-order valence-corrected chi connectivity index (χ3v) is 5.02. The Kier molecular flexibility index (Phi) is 7.95. The number of hydrogen-bond acceptors (Lipinski definition) is 6. The summed E-state index contributed by atoms with van der Waals surface area (Å²) in [5.41, 5.74) is 0.872. The fourth-order valence-corrected chi connectivity index (χ4v) is 3.42. The van der Waals surface area contributed by atoms with E-state index < -0.39 is 17.8 Å². The molecule has 9 heteroatoms. The van der Waals surface area contributed by atoms with E-state index in [1.165, 1.54) is 13.2 Å². The lowest BCUT2D eigenvalue weighted by Crippen LogP contribution is -2.53. The molecule has 2 aromatic rings. The van der Waals surface area contributed by atoms with Crippen molar-refractivity contribution >= 4 is 35.5 Å². The zero-order valence-corrected chi connectivity index (χ0v) is 19.4. The number of rotatable bonds is 9. The van der Waals surface area contributed by atoms with Gasteiger partial charge >= 0.3 is 6.03 Å². The number of hydrogen-bond donors (Lipinski definition) is 1. The number of barbiturate groups is 1. The second-order valence-corrected chi connectivity index (χ2v) is 7.59. The quantitative estimate of drug-likeness (QED) is 0.434.